The van der Waals surface area contributed by atoms with Crippen LogP contribution in [0.2, 0.25) is 0 Å². The predicted molar refractivity (Wildman–Crippen MR) is 94.3 cm³/mol. The topological polar surface area (TPSA) is 67.0 Å². The van der Waals surface area contributed by atoms with E-state index in [9.17, 15) is 8.78 Å². The second-order valence-electron chi connectivity index (χ2n) is 5.49. The van der Waals surface area contributed by atoms with E-state index in [1.54, 1.807) is 35.7 Å². The molecule has 2 aromatic rings. The number of thiazole rings is 1. The molecule has 0 saturated carbocycles. The van der Waals surface area contributed by atoms with Crippen molar-refractivity contribution in [3.8, 4) is 5.75 Å². The SMILES string of the molecule is NC(=NCc1cccc(OC(F)F)c1)N1CCN(c2nccs2)CC1. The molecular formula is C16H19F2N5OS. The van der Waals surface area contributed by atoms with E-state index < -0.39 is 6.61 Å². The molecule has 0 bridgehead atoms. The van der Waals surface area contributed by atoms with Crippen molar-refractivity contribution in [1.82, 2.24) is 9.88 Å². The molecule has 0 amide bonds. The summed E-state index contributed by atoms with van der Waals surface area (Å²) in [4.78, 5) is 12.9. The molecule has 0 aliphatic carbocycles. The van der Waals surface area contributed by atoms with Gasteiger partial charge in [-0.2, -0.15) is 8.78 Å². The molecule has 0 unspecified atom stereocenters. The summed E-state index contributed by atoms with van der Waals surface area (Å²) >= 11 is 1.62. The zero-order chi connectivity index (χ0) is 17.6. The highest BCUT2D eigenvalue weighted by Gasteiger charge is 2.19. The minimum absolute atomic E-state index is 0.123. The van der Waals surface area contributed by atoms with E-state index in [1.165, 1.54) is 6.07 Å². The molecule has 2 N–H and O–H groups in total. The lowest BCUT2D eigenvalue weighted by Gasteiger charge is -2.35. The van der Waals surface area contributed by atoms with Gasteiger partial charge in [-0.3, -0.25) is 0 Å². The third kappa shape index (κ3) is 4.79. The lowest BCUT2D eigenvalue weighted by molar-refractivity contribution is -0.0498. The zero-order valence-electron chi connectivity index (χ0n) is 13.5. The van der Waals surface area contributed by atoms with Crippen LogP contribution in [-0.4, -0.2) is 48.6 Å². The van der Waals surface area contributed by atoms with Crippen molar-refractivity contribution in [3.63, 3.8) is 0 Å². The van der Waals surface area contributed by atoms with Crippen LogP contribution in [0.4, 0.5) is 13.9 Å². The number of nitrogens with zero attached hydrogens (tertiary/aromatic N) is 4. The van der Waals surface area contributed by atoms with E-state index in [-0.39, 0.29) is 5.75 Å². The zero-order valence-corrected chi connectivity index (χ0v) is 14.3. The van der Waals surface area contributed by atoms with Gasteiger partial charge < -0.3 is 20.3 Å². The molecule has 1 fully saturated rings. The summed E-state index contributed by atoms with van der Waals surface area (Å²) < 4.78 is 28.9. The number of alkyl halides is 2. The fraction of sp³-hybridized carbons (Fsp3) is 0.375. The van der Waals surface area contributed by atoms with Gasteiger partial charge in [0, 0.05) is 37.8 Å². The third-order valence-corrected chi connectivity index (χ3v) is 4.67. The number of halogens is 2. The summed E-state index contributed by atoms with van der Waals surface area (Å²) in [6.45, 7) is 0.687. The number of benzene rings is 1. The van der Waals surface area contributed by atoms with Crippen LogP contribution >= 0.6 is 11.3 Å². The van der Waals surface area contributed by atoms with Crippen molar-refractivity contribution in [2.45, 2.75) is 13.2 Å². The van der Waals surface area contributed by atoms with Gasteiger partial charge in [0.05, 0.1) is 6.54 Å². The molecule has 1 aliphatic rings. The molecule has 0 atom stereocenters. The van der Waals surface area contributed by atoms with Crippen LogP contribution in [0.3, 0.4) is 0 Å². The quantitative estimate of drug-likeness (QED) is 0.649. The Hall–Kier alpha value is -2.42. The first-order valence-corrected chi connectivity index (χ1v) is 8.73. The summed E-state index contributed by atoms with van der Waals surface area (Å²) in [6, 6.07) is 6.49. The van der Waals surface area contributed by atoms with Crippen LogP contribution in [0.25, 0.3) is 0 Å². The van der Waals surface area contributed by atoms with Gasteiger partial charge in [0.1, 0.15) is 5.75 Å². The Balaban J connectivity index is 1.54. The molecule has 1 aromatic heterocycles. The van der Waals surface area contributed by atoms with Gasteiger partial charge >= 0.3 is 6.61 Å². The fourth-order valence-electron chi connectivity index (χ4n) is 2.59. The third-order valence-electron chi connectivity index (χ3n) is 3.84. The van der Waals surface area contributed by atoms with Crippen LogP contribution in [0.15, 0.2) is 40.8 Å². The molecule has 25 heavy (non-hydrogen) atoms. The maximum atomic E-state index is 12.3. The van der Waals surface area contributed by atoms with Crippen LogP contribution in [-0.2, 0) is 6.54 Å². The highest BCUT2D eigenvalue weighted by Crippen LogP contribution is 2.19. The van der Waals surface area contributed by atoms with E-state index in [0.29, 0.717) is 12.5 Å². The summed E-state index contributed by atoms with van der Waals surface area (Å²) in [5, 5.41) is 2.98. The molecule has 9 heteroatoms. The molecule has 3 rings (SSSR count). The fourth-order valence-corrected chi connectivity index (χ4v) is 3.29. The standard InChI is InChI=1S/C16H19F2N5OS/c17-14(18)24-13-3-1-2-12(10-13)11-21-15(19)22-5-7-23(8-6-22)16-20-4-9-25-16/h1-4,9-10,14H,5-8,11H2,(H2,19,21). The minimum Gasteiger partial charge on any atom is -0.435 e. The maximum Gasteiger partial charge on any atom is 0.387 e. The monoisotopic (exact) mass is 367 g/mol. The van der Waals surface area contributed by atoms with Crippen LogP contribution in [0, 0.1) is 0 Å². The number of aromatic nitrogens is 1. The molecule has 2 heterocycles. The number of nitrogens with two attached hydrogens (primary N) is 1. The minimum atomic E-state index is -2.84. The van der Waals surface area contributed by atoms with Gasteiger partial charge in [0.25, 0.3) is 0 Å². The maximum absolute atomic E-state index is 12.3. The van der Waals surface area contributed by atoms with Gasteiger partial charge in [-0.05, 0) is 17.7 Å². The molecule has 1 saturated heterocycles. The van der Waals surface area contributed by atoms with Gasteiger partial charge in [-0.1, -0.05) is 12.1 Å². The molecule has 134 valence electrons. The lowest BCUT2D eigenvalue weighted by atomic mass is 10.2. The van der Waals surface area contributed by atoms with E-state index >= 15 is 0 Å². The number of hydrogen-bond donors (Lipinski definition) is 1. The first-order valence-electron chi connectivity index (χ1n) is 7.85. The summed E-state index contributed by atoms with van der Waals surface area (Å²) in [5.41, 5.74) is 6.84. The lowest BCUT2D eigenvalue weighted by Crippen LogP contribution is -2.51. The van der Waals surface area contributed by atoms with Crippen LogP contribution in [0.5, 0.6) is 5.75 Å². The van der Waals surface area contributed by atoms with E-state index in [2.05, 4.69) is 19.6 Å². The number of hydrogen-bond acceptors (Lipinski definition) is 5. The van der Waals surface area contributed by atoms with Crippen molar-refractivity contribution in [3.05, 3.63) is 41.4 Å². The molecular weight excluding hydrogens is 348 g/mol. The average molecular weight is 367 g/mol. The van der Waals surface area contributed by atoms with Crippen LogP contribution in [0.1, 0.15) is 5.56 Å². The number of piperazine rings is 1. The molecule has 1 aromatic carbocycles. The van der Waals surface area contributed by atoms with Gasteiger partial charge in [-0.15, -0.1) is 11.3 Å². The van der Waals surface area contributed by atoms with Crippen molar-refractivity contribution in [1.29, 1.82) is 0 Å². The first-order chi connectivity index (χ1) is 12.1. The molecule has 1 aliphatic heterocycles. The second-order valence-corrected chi connectivity index (χ2v) is 6.36. The highest BCUT2D eigenvalue weighted by atomic mass is 32.1. The molecule has 0 radical (unpaired) electrons. The Morgan fingerprint density at radius 2 is 2.12 bits per heavy atom. The summed E-state index contributed by atoms with van der Waals surface area (Å²) in [7, 11) is 0. The summed E-state index contributed by atoms with van der Waals surface area (Å²) in [6.07, 6.45) is 1.80. The van der Waals surface area contributed by atoms with E-state index in [0.717, 1.165) is 36.9 Å². The van der Waals surface area contributed by atoms with Gasteiger partial charge in [0.2, 0.25) is 0 Å². The second kappa shape index (κ2) is 8.11. The van der Waals surface area contributed by atoms with Crippen molar-refractivity contribution < 1.29 is 13.5 Å². The van der Waals surface area contributed by atoms with E-state index in [1.807, 2.05) is 10.3 Å². The number of ether oxygens (including phenoxy) is 1. The Morgan fingerprint density at radius 3 is 2.80 bits per heavy atom. The number of guanidine groups is 1. The number of rotatable bonds is 5. The van der Waals surface area contributed by atoms with Crippen molar-refractivity contribution in [2.24, 2.45) is 10.7 Å². The Morgan fingerprint density at radius 1 is 1.32 bits per heavy atom. The molecule has 6 nitrogen and oxygen atoms in total. The Bertz CT molecular complexity index is 702. The van der Waals surface area contributed by atoms with Gasteiger partial charge in [-0.25, -0.2) is 9.98 Å². The van der Waals surface area contributed by atoms with Crippen molar-refractivity contribution in [2.75, 3.05) is 31.1 Å². The Kier molecular flexibility index (Phi) is 5.64. The highest BCUT2D eigenvalue weighted by molar-refractivity contribution is 7.13. The smallest absolute Gasteiger partial charge is 0.387 e. The molecule has 0 spiro atoms. The number of aliphatic imine (C=N–C) groups is 1. The first kappa shape index (κ1) is 17.4. The van der Waals surface area contributed by atoms with E-state index in [4.69, 9.17) is 5.73 Å². The largest absolute Gasteiger partial charge is 0.435 e. The van der Waals surface area contributed by atoms with Crippen molar-refractivity contribution >= 4 is 22.4 Å². The number of anilines is 1. The van der Waals surface area contributed by atoms with Crippen LogP contribution < -0.4 is 15.4 Å². The predicted octanol–water partition coefficient (Wildman–Crippen LogP) is 2.38. The van der Waals surface area contributed by atoms with Gasteiger partial charge in [0.15, 0.2) is 11.1 Å². The Labute approximate surface area is 148 Å². The summed E-state index contributed by atoms with van der Waals surface area (Å²) in [5.74, 6) is 0.581. The normalized spacial score (nSPS) is 15.7. The average Bonchev–Trinajstić information content (AvgIpc) is 3.14.